The zero-order valence-corrected chi connectivity index (χ0v) is 12.2. The van der Waals surface area contributed by atoms with Gasteiger partial charge in [-0.05, 0) is 6.26 Å². The maximum absolute atomic E-state index is 11.8. The molecule has 0 aliphatic heterocycles. The molecule has 1 heterocycles. The summed E-state index contributed by atoms with van der Waals surface area (Å²) in [6, 6.07) is 9.52. The molecule has 0 saturated carbocycles. The lowest BCUT2D eigenvalue weighted by atomic mass is 10.2. The van der Waals surface area contributed by atoms with E-state index in [1.807, 2.05) is 36.6 Å². The van der Waals surface area contributed by atoms with E-state index in [-0.39, 0.29) is 11.4 Å². The highest BCUT2D eigenvalue weighted by Crippen LogP contribution is 2.29. The first-order valence-corrected chi connectivity index (χ1v) is 7.07. The first-order chi connectivity index (χ1) is 9.71. The molecule has 0 saturated heterocycles. The molecule has 0 N–H and O–H groups in total. The van der Waals surface area contributed by atoms with Gasteiger partial charge in [0.05, 0.1) is 14.2 Å². The fourth-order valence-electron chi connectivity index (χ4n) is 1.71. The van der Waals surface area contributed by atoms with E-state index in [4.69, 9.17) is 9.47 Å². The quantitative estimate of drug-likeness (QED) is 0.490. The van der Waals surface area contributed by atoms with E-state index >= 15 is 0 Å². The van der Waals surface area contributed by atoms with Crippen LogP contribution in [-0.4, -0.2) is 36.4 Å². The number of thioether (sulfide) groups is 1. The van der Waals surface area contributed by atoms with Crippen LogP contribution in [0.1, 0.15) is 10.4 Å². The number of methoxy groups -OCH3 is 2. The Balaban J connectivity index is 2.61. The monoisotopic (exact) mass is 290 g/mol. The highest BCUT2D eigenvalue weighted by Gasteiger charge is 2.22. The van der Waals surface area contributed by atoms with Crippen molar-refractivity contribution in [3.8, 4) is 17.3 Å². The van der Waals surface area contributed by atoms with Crippen molar-refractivity contribution in [2.45, 2.75) is 5.03 Å². The summed E-state index contributed by atoms with van der Waals surface area (Å²) in [7, 11) is 2.78. The molecule has 1 aromatic carbocycles. The lowest BCUT2D eigenvalue weighted by molar-refractivity contribution is 0.0591. The van der Waals surface area contributed by atoms with E-state index in [1.54, 1.807) is 0 Å². The van der Waals surface area contributed by atoms with Crippen LogP contribution in [0, 0.1) is 0 Å². The summed E-state index contributed by atoms with van der Waals surface area (Å²) in [5, 5.41) is 0.530. The molecule has 104 valence electrons. The third kappa shape index (κ3) is 2.75. The fraction of sp³-hybridized carbons (Fsp3) is 0.214. The third-order valence-corrected chi connectivity index (χ3v) is 3.33. The zero-order valence-electron chi connectivity index (χ0n) is 11.4. The number of ether oxygens (including phenoxy) is 2. The van der Waals surface area contributed by atoms with Crippen molar-refractivity contribution in [1.82, 2.24) is 9.97 Å². The van der Waals surface area contributed by atoms with Crippen molar-refractivity contribution in [1.29, 1.82) is 0 Å². The summed E-state index contributed by atoms with van der Waals surface area (Å²) in [4.78, 5) is 20.5. The average molecular weight is 290 g/mol. The fourth-order valence-corrected chi connectivity index (χ4v) is 2.26. The molecule has 2 aromatic rings. The predicted molar refractivity (Wildman–Crippen MR) is 77.1 cm³/mol. The Morgan fingerprint density at radius 3 is 2.40 bits per heavy atom. The number of rotatable bonds is 4. The Labute approximate surface area is 121 Å². The van der Waals surface area contributed by atoms with E-state index < -0.39 is 5.97 Å². The van der Waals surface area contributed by atoms with E-state index in [0.717, 1.165) is 5.56 Å². The van der Waals surface area contributed by atoms with Gasteiger partial charge in [-0.1, -0.05) is 30.3 Å². The number of aromatic nitrogens is 2. The molecule has 0 aliphatic rings. The van der Waals surface area contributed by atoms with Crippen LogP contribution in [0.3, 0.4) is 0 Å². The van der Waals surface area contributed by atoms with E-state index in [1.165, 1.54) is 26.0 Å². The molecule has 0 radical (unpaired) electrons. The molecule has 0 unspecified atom stereocenters. The van der Waals surface area contributed by atoms with Gasteiger partial charge >= 0.3 is 5.97 Å². The molecule has 0 aliphatic carbocycles. The first-order valence-electron chi connectivity index (χ1n) is 5.85. The maximum Gasteiger partial charge on any atom is 0.346 e. The van der Waals surface area contributed by atoms with Crippen LogP contribution >= 0.6 is 11.8 Å². The highest BCUT2D eigenvalue weighted by molar-refractivity contribution is 7.98. The van der Waals surface area contributed by atoms with Crippen LogP contribution in [0.5, 0.6) is 5.88 Å². The molecule has 0 spiro atoms. The molecule has 0 atom stereocenters. The minimum absolute atomic E-state index is 0.218. The van der Waals surface area contributed by atoms with Gasteiger partial charge in [-0.25, -0.2) is 9.78 Å². The van der Waals surface area contributed by atoms with Crippen molar-refractivity contribution in [3.05, 3.63) is 35.9 Å². The lowest BCUT2D eigenvalue weighted by Crippen LogP contribution is -2.10. The Hall–Kier alpha value is -2.08. The number of carbonyl (C=O) groups is 1. The summed E-state index contributed by atoms with van der Waals surface area (Å²) in [5.74, 6) is 0.223. The molecule has 0 bridgehead atoms. The van der Waals surface area contributed by atoms with Crippen LogP contribution in [0.2, 0.25) is 0 Å². The second-order valence-electron chi connectivity index (χ2n) is 3.80. The van der Waals surface area contributed by atoms with E-state index in [9.17, 15) is 4.79 Å². The van der Waals surface area contributed by atoms with Gasteiger partial charge in [-0.15, -0.1) is 11.8 Å². The molecular formula is C14H14N2O3S. The minimum atomic E-state index is -0.509. The Bertz CT molecular complexity index is 592. The van der Waals surface area contributed by atoms with Gasteiger partial charge in [-0.2, -0.15) is 4.98 Å². The van der Waals surface area contributed by atoms with Crippen LogP contribution in [0.4, 0.5) is 0 Å². The normalized spacial score (nSPS) is 10.2. The van der Waals surface area contributed by atoms with Crippen molar-refractivity contribution in [2.75, 3.05) is 20.5 Å². The summed E-state index contributed by atoms with van der Waals surface area (Å²) < 4.78 is 9.96. The number of hydrogen-bond acceptors (Lipinski definition) is 6. The number of hydrogen-bond donors (Lipinski definition) is 0. The molecule has 6 heteroatoms. The summed E-state index contributed by atoms with van der Waals surface area (Å²) >= 11 is 1.35. The highest BCUT2D eigenvalue weighted by atomic mass is 32.2. The molecule has 5 nitrogen and oxygen atoms in total. The van der Waals surface area contributed by atoms with E-state index in [0.29, 0.717) is 10.9 Å². The Kier molecular flexibility index (Phi) is 4.57. The van der Waals surface area contributed by atoms with Gasteiger partial charge in [-0.3, -0.25) is 0 Å². The van der Waals surface area contributed by atoms with Gasteiger partial charge in [0.25, 0.3) is 0 Å². The smallest absolute Gasteiger partial charge is 0.346 e. The molecule has 0 fully saturated rings. The van der Waals surface area contributed by atoms with Crippen LogP contribution in [0.15, 0.2) is 35.4 Å². The number of benzene rings is 1. The van der Waals surface area contributed by atoms with Crippen molar-refractivity contribution in [3.63, 3.8) is 0 Å². The number of esters is 1. The van der Waals surface area contributed by atoms with Crippen LogP contribution in [-0.2, 0) is 4.74 Å². The summed E-state index contributed by atoms with van der Waals surface area (Å²) in [6.07, 6.45) is 1.84. The van der Waals surface area contributed by atoms with Gasteiger partial charge in [0.1, 0.15) is 5.03 Å². The van der Waals surface area contributed by atoms with Crippen LogP contribution < -0.4 is 4.74 Å². The van der Waals surface area contributed by atoms with Crippen LogP contribution in [0.25, 0.3) is 11.4 Å². The van der Waals surface area contributed by atoms with Crippen molar-refractivity contribution >= 4 is 17.7 Å². The number of carbonyl (C=O) groups excluding carboxylic acids is 1. The van der Waals surface area contributed by atoms with Gasteiger partial charge in [0.15, 0.2) is 11.4 Å². The molecule has 1 aromatic heterocycles. The Morgan fingerprint density at radius 1 is 1.15 bits per heavy atom. The molecule has 20 heavy (non-hydrogen) atoms. The SMILES string of the molecule is COC(=O)c1c(OC)nc(-c2ccccc2)nc1SC. The zero-order chi connectivity index (χ0) is 14.5. The predicted octanol–water partition coefficient (Wildman–Crippen LogP) is 2.66. The average Bonchev–Trinajstić information content (AvgIpc) is 2.53. The second-order valence-corrected chi connectivity index (χ2v) is 4.59. The largest absolute Gasteiger partial charge is 0.480 e. The van der Waals surface area contributed by atoms with Gasteiger partial charge < -0.3 is 9.47 Å². The molecule has 2 rings (SSSR count). The third-order valence-electron chi connectivity index (χ3n) is 2.65. The summed E-state index contributed by atoms with van der Waals surface area (Å²) in [5.41, 5.74) is 1.11. The topological polar surface area (TPSA) is 61.3 Å². The summed E-state index contributed by atoms with van der Waals surface area (Å²) in [6.45, 7) is 0. The Morgan fingerprint density at radius 2 is 1.85 bits per heavy atom. The molecular weight excluding hydrogens is 276 g/mol. The minimum Gasteiger partial charge on any atom is -0.480 e. The standard InChI is InChI=1S/C14H14N2O3S/c1-18-12-10(14(17)19-2)13(20-3)16-11(15-12)9-7-5-4-6-8-9/h4-8H,1-3H3. The number of nitrogens with zero attached hydrogens (tertiary/aromatic N) is 2. The second kappa shape index (κ2) is 6.38. The maximum atomic E-state index is 11.8. The van der Waals surface area contributed by atoms with Gasteiger partial charge in [0.2, 0.25) is 5.88 Å². The lowest BCUT2D eigenvalue weighted by Gasteiger charge is -2.11. The van der Waals surface area contributed by atoms with Crippen molar-refractivity contribution < 1.29 is 14.3 Å². The van der Waals surface area contributed by atoms with E-state index in [2.05, 4.69) is 9.97 Å². The molecule has 0 amide bonds. The van der Waals surface area contributed by atoms with Crippen molar-refractivity contribution in [2.24, 2.45) is 0 Å². The first kappa shape index (κ1) is 14.3. The van der Waals surface area contributed by atoms with Gasteiger partial charge in [0, 0.05) is 5.56 Å².